The van der Waals surface area contributed by atoms with Crippen LogP contribution >= 0.6 is 0 Å². The molecule has 0 aromatic heterocycles. The van der Waals surface area contributed by atoms with Gasteiger partial charge in [0.05, 0.1) is 0 Å². The summed E-state index contributed by atoms with van der Waals surface area (Å²) in [6.07, 6.45) is 6.88. The van der Waals surface area contributed by atoms with Crippen LogP contribution in [-0.2, 0) is 4.79 Å². The van der Waals surface area contributed by atoms with E-state index in [4.69, 9.17) is 5.11 Å². The van der Waals surface area contributed by atoms with E-state index in [1.54, 1.807) is 6.92 Å². The lowest BCUT2D eigenvalue weighted by atomic mass is 9.77. The fourth-order valence-corrected chi connectivity index (χ4v) is 2.45. The Morgan fingerprint density at radius 1 is 1.36 bits per heavy atom. The zero-order chi connectivity index (χ0) is 9.68. The van der Waals surface area contributed by atoms with Crippen LogP contribution in [0.1, 0.15) is 52.9 Å². The number of hydrogen-bond donors (Lipinski definition) is 1. The molecule has 2 heteroatoms. The van der Waals surface area contributed by atoms with Crippen molar-refractivity contribution in [2.75, 3.05) is 6.61 Å². The van der Waals surface area contributed by atoms with Crippen molar-refractivity contribution in [3.8, 4) is 0 Å². The maximum Gasteiger partial charge on any atom is 0.133 e. The molecule has 1 rings (SSSR count). The highest BCUT2D eigenvalue weighted by Gasteiger charge is 2.26. The van der Waals surface area contributed by atoms with Gasteiger partial charge in [0, 0.05) is 12.5 Å². The maximum atomic E-state index is 11.3. The largest absolute Gasteiger partial charge is 0.396 e. The van der Waals surface area contributed by atoms with Gasteiger partial charge in [0.1, 0.15) is 5.78 Å². The minimum absolute atomic E-state index is 0. The number of carbonyl (C=O) groups is 1. The Kier molecular flexibility index (Phi) is 6.81. The van der Waals surface area contributed by atoms with E-state index in [2.05, 4.69) is 0 Å². The van der Waals surface area contributed by atoms with E-state index >= 15 is 0 Å². The molecule has 0 aromatic rings. The van der Waals surface area contributed by atoms with Gasteiger partial charge in [-0.05, 0) is 32.1 Å². The Morgan fingerprint density at radius 3 is 2.36 bits per heavy atom. The van der Waals surface area contributed by atoms with Gasteiger partial charge < -0.3 is 5.11 Å². The summed E-state index contributed by atoms with van der Waals surface area (Å²) in [7, 11) is 0. The van der Waals surface area contributed by atoms with Gasteiger partial charge in [-0.1, -0.05) is 26.7 Å². The maximum absolute atomic E-state index is 11.3. The van der Waals surface area contributed by atoms with Crippen LogP contribution in [0.5, 0.6) is 0 Å². The van der Waals surface area contributed by atoms with Crippen molar-refractivity contribution < 1.29 is 9.90 Å². The molecule has 1 atom stereocenters. The molecule has 0 amide bonds. The predicted molar refractivity (Wildman–Crippen MR) is 59.2 cm³/mol. The molecule has 1 fully saturated rings. The molecular formula is C12H24O2. The highest BCUT2D eigenvalue weighted by molar-refractivity contribution is 5.78. The number of Topliss-reactive ketones (excluding diaryl/α,β-unsaturated/α-hetero) is 1. The molecule has 14 heavy (non-hydrogen) atoms. The van der Waals surface area contributed by atoms with E-state index in [0.717, 1.165) is 0 Å². The molecule has 0 aliphatic heterocycles. The van der Waals surface area contributed by atoms with E-state index in [-0.39, 0.29) is 25.7 Å². The Bertz CT molecular complexity index is 160. The van der Waals surface area contributed by atoms with Crippen molar-refractivity contribution in [3.05, 3.63) is 0 Å². The van der Waals surface area contributed by atoms with Gasteiger partial charge in [0.2, 0.25) is 0 Å². The average molecular weight is 200 g/mol. The number of hydrogen-bond acceptors (Lipinski definition) is 2. The first-order chi connectivity index (χ1) is 6.25. The Balaban J connectivity index is 0.00000169. The fourth-order valence-electron chi connectivity index (χ4n) is 2.45. The Hall–Kier alpha value is -0.370. The fraction of sp³-hybridized carbons (Fsp3) is 0.917. The lowest BCUT2D eigenvalue weighted by Gasteiger charge is -2.28. The third-order valence-corrected chi connectivity index (χ3v) is 3.18. The van der Waals surface area contributed by atoms with Gasteiger partial charge in [0.25, 0.3) is 0 Å². The van der Waals surface area contributed by atoms with Crippen LogP contribution < -0.4 is 0 Å². The first kappa shape index (κ1) is 13.6. The van der Waals surface area contributed by atoms with Gasteiger partial charge in [-0.2, -0.15) is 0 Å². The number of rotatable bonds is 4. The lowest BCUT2D eigenvalue weighted by molar-refractivity contribution is -0.123. The highest BCUT2D eigenvalue weighted by Crippen LogP contribution is 2.32. The van der Waals surface area contributed by atoms with Crippen LogP contribution in [0.3, 0.4) is 0 Å². The first-order valence-corrected chi connectivity index (χ1v) is 5.37. The number of carbonyl (C=O) groups excluding carboxylic acids is 1. The molecule has 0 spiro atoms. The third-order valence-electron chi connectivity index (χ3n) is 3.18. The molecule has 0 radical (unpaired) electrons. The zero-order valence-electron chi connectivity index (χ0n) is 8.46. The van der Waals surface area contributed by atoms with Gasteiger partial charge in [0.15, 0.2) is 0 Å². The summed E-state index contributed by atoms with van der Waals surface area (Å²) in [5, 5.41) is 8.86. The van der Waals surface area contributed by atoms with E-state index < -0.39 is 0 Å². The summed E-state index contributed by atoms with van der Waals surface area (Å²) in [6.45, 7) is 1.82. The summed E-state index contributed by atoms with van der Waals surface area (Å²) >= 11 is 0. The molecule has 1 N–H and O–H groups in total. The summed E-state index contributed by atoms with van der Waals surface area (Å²) < 4.78 is 0. The monoisotopic (exact) mass is 200 g/mol. The van der Waals surface area contributed by atoms with Gasteiger partial charge >= 0.3 is 0 Å². The van der Waals surface area contributed by atoms with E-state index in [9.17, 15) is 4.79 Å². The zero-order valence-corrected chi connectivity index (χ0v) is 8.46. The minimum atomic E-state index is 0. The summed E-state index contributed by atoms with van der Waals surface area (Å²) in [6, 6.07) is 0. The second kappa shape index (κ2) is 6.99. The Morgan fingerprint density at radius 2 is 1.93 bits per heavy atom. The molecule has 2 nitrogen and oxygen atoms in total. The molecule has 1 saturated carbocycles. The molecule has 0 heterocycles. The summed E-state index contributed by atoms with van der Waals surface area (Å²) in [5.74, 6) is 0.949. The minimum Gasteiger partial charge on any atom is -0.396 e. The van der Waals surface area contributed by atoms with Crippen LogP contribution in [0.15, 0.2) is 0 Å². The van der Waals surface area contributed by atoms with E-state index in [1.165, 1.54) is 32.1 Å². The van der Waals surface area contributed by atoms with Gasteiger partial charge in [-0.25, -0.2) is 0 Å². The van der Waals surface area contributed by atoms with Crippen molar-refractivity contribution in [2.24, 2.45) is 11.8 Å². The third kappa shape index (κ3) is 3.79. The lowest BCUT2D eigenvalue weighted by Crippen LogP contribution is -2.25. The van der Waals surface area contributed by atoms with Gasteiger partial charge in [-0.15, -0.1) is 0 Å². The van der Waals surface area contributed by atoms with Crippen LogP contribution in [0.2, 0.25) is 0 Å². The van der Waals surface area contributed by atoms with Crippen LogP contribution in [0.25, 0.3) is 0 Å². The molecule has 84 valence electrons. The first-order valence-electron chi connectivity index (χ1n) is 5.37. The molecule has 0 aromatic carbocycles. The second-order valence-electron chi connectivity index (χ2n) is 4.13. The Labute approximate surface area is 87.7 Å². The van der Waals surface area contributed by atoms with Crippen molar-refractivity contribution in [3.63, 3.8) is 0 Å². The topological polar surface area (TPSA) is 37.3 Å². The number of aliphatic hydroxyl groups excluding tert-OH is 1. The molecule has 0 saturated heterocycles. The molecular weight excluding hydrogens is 176 g/mol. The predicted octanol–water partition coefficient (Wildman–Crippen LogP) is 2.79. The number of aliphatic hydroxyl groups is 1. The molecule has 1 unspecified atom stereocenters. The normalized spacial score (nSPS) is 19.9. The van der Waals surface area contributed by atoms with E-state index in [1.807, 2.05) is 0 Å². The summed E-state index contributed by atoms with van der Waals surface area (Å²) in [4.78, 5) is 11.3. The van der Waals surface area contributed by atoms with Crippen molar-refractivity contribution in [1.29, 1.82) is 0 Å². The van der Waals surface area contributed by atoms with Gasteiger partial charge in [-0.3, -0.25) is 4.79 Å². The van der Waals surface area contributed by atoms with Crippen LogP contribution in [0.4, 0.5) is 0 Å². The molecule has 1 aliphatic rings. The SMILES string of the molecule is C.CC(=O)C(CCO)C1CCCCC1. The van der Waals surface area contributed by atoms with Crippen LogP contribution in [-0.4, -0.2) is 17.5 Å². The van der Waals surface area contributed by atoms with Crippen LogP contribution in [0, 0.1) is 11.8 Å². The van der Waals surface area contributed by atoms with Crippen molar-refractivity contribution in [2.45, 2.75) is 52.9 Å². The average Bonchev–Trinajstić information content (AvgIpc) is 2.15. The highest BCUT2D eigenvalue weighted by atomic mass is 16.3. The standard InChI is InChI=1S/C11H20O2.CH4/c1-9(13)11(7-8-12)10-5-3-2-4-6-10;/h10-12H,2-8H2,1H3;1H4. The van der Waals surface area contributed by atoms with Crippen molar-refractivity contribution in [1.82, 2.24) is 0 Å². The quantitative estimate of drug-likeness (QED) is 0.757. The molecule has 0 bridgehead atoms. The summed E-state index contributed by atoms with van der Waals surface area (Å²) in [5.41, 5.74) is 0. The van der Waals surface area contributed by atoms with E-state index in [0.29, 0.717) is 12.3 Å². The molecule has 1 aliphatic carbocycles. The second-order valence-corrected chi connectivity index (χ2v) is 4.13. The smallest absolute Gasteiger partial charge is 0.133 e. The number of ketones is 1. The van der Waals surface area contributed by atoms with Crippen molar-refractivity contribution >= 4 is 5.78 Å².